The second kappa shape index (κ2) is 5.89. The third-order valence-corrected chi connectivity index (χ3v) is 4.58. The highest BCUT2D eigenvalue weighted by Gasteiger charge is 2.42. The molecule has 1 N–H and O–H groups in total. The molecule has 2 unspecified atom stereocenters. The molecule has 0 saturated carbocycles. The van der Waals surface area contributed by atoms with Crippen molar-refractivity contribution in [2.24, 2.45) is 0 Å². The Kier molecular flexibility index (Phi) is 4.76. The molecule has 0 aromatic heterocycles. The first-order valence-corrected chi connectivity index (χ1v) is 11.0. The van der Waals surface area contributed by atoms with Gasteiger partial charge in [0.25, 0.3) is 0 Å². The summed E-state index contributed by atoms with van der Waals surface area (Å²) in [6.07, 6.45) is 4.28. The molecular weight excluding hydrogens is 272 g/mol. The monoisotopic (exact) mass is 300 g/mol. The van der Waals surface area contributed by atoms with Gasteiger partial charge in [0.1, 0.15) is 6.10 Å². The smallest absolute Gasteiger partial charge is 0.184 e. The SMILES string of the molecule is CC1(C)OC[C@H](C(O[Si](C)(C)C)C2=CCCCC2O)O1. The molecule has 2 rings (SSSR count). The average molecular weight is 300 g/mol. The lowest BCUT2D eigenvalue weighted by molar-refractivity contribution is -0.147. The molecule has 4 nitrogen and oxygen atoms in total. The Bertz CT molecular complexity index is 373. The van der Waals surface area contributed by atoms with Gasteiger partial charge in [-0.1, -0.05) is 6.08 Å². The lowest BCUT2D eigenvalue weighted by Gasteiger charge is -2.35. The number of rotatable bonds is 4. The third-order valence-electron chi connectivity index (χ3n) is 3.62. The summed E-state index contributed by atoms with van der Waals surface area (Å²) in [6.45, 7) is 10.9. The van der Waals surface area contributed by atoms with Crippen molar-refractivity contribution < 1.29 is 19.0 Å². The van der Waals surface area contributed by atoms with E-state index < -0.39 is 20.2 Å². The van der Waals surface area contributed by atoms with E-state index in [-0.39, 0.29) is 12.2 Å². The molecule has 0 aromatic rings. The van der Waals surface area contributed by atoms with Crippen LogP contribution in [-0.2, 0) is 13.9 Å². The van der Waals surface area contributed by atoms with Crippen LogP contribution in [0, 0.1) is 0 Å². The summed E-state index contributed by atoms with van der Waals surface area (Å²) in [5.74, 6) is -0.564. The zero-order valence-electron chi connectivity index (χ0n) is 13.3. The first-order chi connectivity index (χ1) is 9.18. The number of hydrogen-bond donors (Lipinski definition) is 1. The highest BCUT2D eigenvalue weighted by atomic mass is 28.4. The van der Waals surface area contributed by atoms with Crippen LogP contribution in [0.25, 0.3) is 0 Å². The molecule has 1 fully saturated rings. The van der Waals surface area contributed by atoms with E-state index in [1.165, 1.54) is 0 Å². The quantitative estimate of drug-likeness (QED) is 0.640. The fourth-order valence-corrected chi connectivity index (χ4v) is 3.84. The van der Waals surface area contributed by atoms with Gasteiger partial charge in [0, 0.05) is 0 Å². The molecular formula is C15H28O4Si. The second-order valence-corrected chi connectivity index (χ2v) is 11.6. The van der Waals surface area contributed by atoms with E-state index >= 15 is 0 Å². The molecule has 1 saturated heterocycles. The van der Waals surface area contributed by atoms with E-state index in [1.807, 2.05) is 13.8 Å². The van der Waals surface area contributed by atoms with Crippen LogP contribution in [0.4, 0.5) is 0 Å². The van der Waals surface area contributed by atoms with Crippen LogP contribution in [-0.4, -0.2) is 44.1 Å². The lowest BCUT2D eigenvalue weighted by atomic mass is 9.90. The first-order valence-electron chi connectivity index (χ1n) is 7.55. The molecule has 1 aliphatic heterocycles. The van der Waals surface area contributed by atoms with Crippen molar-refractivity contribution in [1.29, 1.82) is 0 Å². The highest BCUT2D eigenvalue weighted by molar-refractivity contribution is 6.69. The van der Waals surface area contributed by atoms with Crippen LogP contribution in [0.15, 0.2) is 11.6 Å². The summed E-state index contributed by atoms with van der Waals surface area (Å²) in [5.41, 5.74) is 0.991. The van der Waals surface area contributed by atoms with Gasteiger partial charge in [0.2, 0.25) is 0 Å². The summed E-state index contributed by atoms with van der Waals surface area (Å²) in [6, 6.07) is 0. The maximum atomic E-state index is 10.3. The topological polar surface area (TPSA) is 47.9 Å². The van der Waals surface area contributed by atoms with Crippen LogP contribution in [0.5, 0.6) is 0 Å². The molecule has 3 atom stereocenters. The van der Waals surface area contributed by atoms with E-state index in [0.29, 0.717) is 6.61 Å². The molecule has 20 heavy (non-hydrogen) atoms. The molecule has 116 valence electrons. The van der Waals surface area contributed by atoms with Crippen LogP contribution in [0.2, 0.25) is 19.6 Å². The molecule has 0 spiro atoms. The lowest BCUT2D eigenvalue weighted by Crippen LogP contribution is -2.44. The normalized spacial score (nSPS) is 32.0. The Morgan fingerprint density at radius 1 is 1.40 bits per heavy atom. The zero-order chi connectivity index (χ0) is 15.0. The summed E-state index contributed by atoms with van der Waals surface area (Å²) in [7, 11) is -1.74. The van der Waals surface area contributed by atoms with Gasteiger partial charge in [0.05, 0.1) is 18.8 Å². The van der Waals surface area contributed by atoms with Crippen LogP contribution < -0.4 is 0 Å². The maximum absolute atomic E-state index is 10.3. The molecule has 0 bridgehead atoms. The number of allylic oxidation sites excluding steroid dienone is 1. The Balaban J connectivity index is 2.19. The Morgan fingerprint density at radius 2 is 2.10 bits per heavy atom. The number of aliphatic hydroxyl groups excluding tert-OH is 1. The molecule has 0 amide bonds. The van der Waals surface area contributed by atoms with Crippen molar-refractivity contribution in [2.75, 3.05) is 6.61 Å². The van der Waals surface area contributed by atoms with Crippen molar-refractivity contribution >= 4 is 8.32 Å². The molecule has 5 heteroatoms. The number of ether oxygens (including phenoxy) is 2. The van der Waals surface area contributed by atoms with Gasteiger partial charge < -0.3 is 19.0 Å². The van der Waals surface area contributed by atoms with Gasteiger partial charge in [-0.3, -0.25) is 0 Å². The summed E-state index contributed by atoms with van der Waals surface area (Å²) in [4.78, 5) is 0. The predicted octanol–water partition coefficient (Wildman–Crippen LogP) is 2.83. The minimum atomic E-state index is -1.74. The average Bonchev–Trinajstić information content (AvgIpc) is 2.66. The second-order valence-electron chi connectivity index (χ2n) is 7.17. The first kappa shape index (κ1) is 16.2. The van der Waals surface area contributed by atoms with Crippen molar-refractivity contribution in [3.8, 4) is 0 Å². The van der Waals surface area contributed by atoms with E-state index in [4.69, 9.17) is 13.9 Å². The standard InChI is InChI=1S/C15H28O4Si/c1-15(2)17-10-13(18-15)14(19-20(3,4)5)11-8-6-7-9-12(11)16/h8,12-14,16H,6-7,9-10H2,1-5H3/t12?,13-,14?/m1/s1. The van der Waals surface area contributed by atoms with Gasteiger partial charge in [-0.05, 0) is 58.3 Å². The Morgan fingerprint density at radius 3 is 2.60 bits per heavy atom. The van der Waals surface area contributed by atoms with Gasteiger partial charge in [-0.2, -0.15) is 0 Å². The molecule has 0 aromatic carbocycles. The van der Waals surface area contributed by atoms with E-state index in [0.717, 1.165) is 24.8 Å². The molecule has 2 aliphatic rings. The largest absolute Gasteiger partial charge is 0.408 e. The van der Waals surface area contributed by atoms with E-state index in [1.54, 1.807) is 0 Å². The molecule has 1 aliphatic carbocycles. The van der Waals surface area contributed by atoms with Crippen LogP contribution in [0.3, 0.4) is 0 Å². The minimum Gasteiger partial charge on any atom is -0.408 e. The fraction of sp³-hybridized carbons (Fsp3) is 0.867. The zero-order valence-corrected chi connectivity index (χ0v) is 14.3. The van der Waals surface area contributed by atoms with Gasteiger partial charge in [-0.25, -0.2) is 0 Å². The van der Waals surface area contributed by atoms with Gasteiger partial charge >= 0.3 is 0 Å². The number of hydrogen-bond acceptors (Lipinski definition) is 4. The van der Waals surface area contributed by atoms with Crippen molar-refractivity contribution in [3.63, 3.8) is 0 Å². The van der Waals surface area contributed by atoms with Crippen molar-refractivity contribution in [1.82, 2.24) is 0 Å². The minimum absolute atomic E-state index is 0.129. The van der Waals surface area contributed by atoms with Crippen molar-refractivity contribution in [2.45, 2.75) is 76.8 Å². The van der Waals surface area contributed by atoms with Crippen LogP contribution >= 0.6 is 0 Å². The fourth-order valence-electron chi connectivity index (χ4n) is 2.79. The summed E-state index contributed by atoms with van der Waals surface area (Å²) in [5, 5.41) is 10.3. The molecule has 0 radical (unpaired) electrons. The van der Waals surface area contributed by atoms with Crippen LogP contribution in [0.1, 0.15) is 33.1 Å². The van der Waals surface area contributed by atoms with Crippen molar-refractivity contribution in [3.05, 3.63) is 11.6 Å². The number of aliphatic hydroxyl groups is 1. The third kappa shape index (κ3) is 4.15. The summed E-state index contributed by atoms with van der Waals surface area (Å²) >= 11 is 0. The van der Waals surface area contributed by atoms with Gasteiger partial charge in [-0.15, -0.1) is 0 Å². The van der Waals surface area contributed by atoms with E-state index in [2.05, 4.69) is 25.7 Å². The highest BCUT2D eigenvalue weighted by Crippen LogP contribution is 2.33. The Labute approximate surface area is 123 Å². The molecule has 1 heterocycles. The maximum Gasteiger partial charge on any atom is 0.184 e. The Hall–Kier alpha value is -0.203. The van der Waals surface area contributed by atoms with Gasteiger partial charge in [0.15, 0.2) is 14.1 Å². The summed E-state index contributed by atoms with van der Waals surface area (Å²) < 4.78 is 18.0. The predicted molar refractivity (Wildman–Crippen MR) is 81.1 cm³/mol. The van der Waals surface area contributed by atoms with E-state index in [9.17, 15) is 5.11 Å².